The quantitative estimate of drug-likeness (QED) is 0.722. The van der Waals surface area contributed by atoms with E-state index in [1.54, 1.807) is 18.6 Å². The second-order valence-electron chi connectivity index (χ2n) is 5.13. The summed E-state index contributed by atoms with van der Waals surface area (Å²) in [7, 11) is 0. The molecule has 2 heterocycles. The molecule has 0 N–H and O–H groups in total. The predicted octanol–water partition coefficient (Wildman–Crippen LogP) is 3.06. The summed E-state index contributed by atoms with van der Waals surface area (Å²) in [5, 5.41) is 0. The zero-order valence-corrected chi connectivity index (χ0v) is 11.4. The minimum atomic E-state index is 0.245. The number of carbonyl (C=O) groups is 1. The Morgan fingerprint density at radius 1 is 1.10 bits per heavy atom. The van der Waals surface area contributed by atoms with Gasteiger partial charge < -0.3 is 0 Å². The molecule has 4 heteroatoms. The minimum Gasteiger partial charge on any atom is -0.300 e. The van der Waals surface area contributed by atoms with Gasteiger partial charge in [0, 0.05) is 48.0 Å². The summed E-state index contributed by atoms with van der Waals surface area (Å²) in [6.45, 7) is 0. The third-order valence-corrected chi connectivity index (χ3v) is 3.85. The van der Waals surface area contributed by atoms with Crippen molar-refractivity contribution >= 4 is 5.78 Å². The van der Waals surface area contributed by atoms with Gasteiger partial charge in [0.05, 0.1) is 0 Å². The molecule has 1 aliphatic carbocycles. The van der Waals surface area contributed by atoms with Gasteiger partial charge in [-0.3, -0.25) is 14.3 Å². The van der Waals surface area contributed by atoms with Crippen LogP contribution in [0.25, 0.3) is 17.1 Å². The predicted molar refractivity (Wildman–Crippen MR) is 79.4 cm³/mol. The maximum Gasteiger partial charge on any atom is 0.163 e. The first kappa shape index (κ1) is 12.0. The molecule has 0 atom stereocenters. The first-order chi connectivity index (χ1) is 10.3. The number of hydrogen-bond donors (Lipinski definition) is 0. The number of nitrogens with zero attached hydrogens (tertiary/aromatic N) is 3. The van der Waals surface area contributed by atoms with Gasteiger partial charge in [-0.25, -0.2) is 4.98 Å². The lowest BCUT2D eigenvalue weighted by Crippen LogP contribution is -1.98. The van der Waals surface area contributed by atoms with Crippen LogP contribution in [0.1, 0.15) is 22.3 Å². The maximum absolute atomic E-state index is 11.7. The molecule has 0 amide bonds. The molecule has 0 aliphatic heterocycles. The highest BCUT2D eigenvalue weighted by atomic mass is 16.1. The Kier molecular flexibility index (Phi) is 2.67. The summed E-state index contributed by atoms with van der Waals surface area (Å²) in [5.74, 6) is 1.10. The number of fused-ring (bicyclic) bond motifs is 1. The highest BCUT2D eigenvalue weighted by Gasteiger charge is 2.20. The van der Waals surface area contributed by atoms with Gasteiger partial charge in [0.2, 0.25) is 0 Å². The summed E-state index contributed by atoms with van der Waals surface area (Å²) in [6, 6.07) is 9.87. The molecule has 0 bridgehead atoms. The van der Waals surface area contributed by atoms with Gasteiger partial charge in [0.25, 0.3) is 0 Å². The Balaban J connectivity index is 1.82. The van der Waals surface area contributed by atoms with Crippen LogP contribution >= 0.6 is 0 Å². The third kappa shape index (κ3) is 1.96. The van der Waals surface area contributed by atoms with Crippen LogP contribution in [-0.2, 0) is 6.42 Å². The van der Waals surface area contributed by atoms with Crippen molar-refractivity contribution in [1.82, 2.24) is 14.5 Å². The Morgan fingerprint density at radius 3 is 2.90 bits per heavy atom. The zero-order valence-electron chi connectivity index (χ0n) is 11.4. The first-order valence-electron chi connectivity index (χ1n) is 6.93. The van der Waals surface area contributed by atoms with E-state index in [2.05, 4.69) is 16.0 Å². The molecule has 0 fully saturated rings. The monoisotopic (exact) mass is 275 g/mol. The van der Waals surface area contributed by atoms with Gasteiger partial charge in [-0.1, -0.05) is 0 Å². The average Bonchev–Trinajstić information content (AvgIpc) is 3.15. The highest BCUT2D eigenvalue weighted by molar-refractivity contribution is 6.00. The van der Waals surface area contributed by atoms with E-state index in [9.17, 15) is 4.79 Å². The molecule has 102 valence electrons. The van der Waals surface area contributed by atoms with Crippen LogP contribution in [0, 0.1) is 0 Å². The molecule has 4 rings (SSSR count). The molecule has 0 spiro atoms. The summed E-state index contributed by atoms with van der Waals surface area (Å²) < 4.78 is 2.03. The van der Waals surface area contributed by atoms with Gasteiger partial charge >= 0.3 is 0 Å². The number of rotatable bonds is 2. The van der Waals surface area contributed by atoms with Crippen molar-refractivity contribution in [1.29, 1.82) is 0 Å². The van der Waals surface area contributed by atoms with Crippen molar-refractivity contribution in [3.05, 3.63) is 66.2 Å². The van der Waals surface area contributed by atoms with Crippen LogP contribution < -0.4 is 0 Å². The van der Waals surface area contributed by atoms with Crippen LogP contribution in [0.15, 0.2) is 55.1 Å². The SMILES string of the molecule is O=C1CCc2cc(-n3ccnc3-c3cccnc3)ccc21. The van der Waals surface area contributed by atoms with Crippen molar-refractivity contribution in [3.8, 4) is 17.1 Å². The molecule has 2 aromatic heterocycles. The molecule has 0 unspecified atom stereocenters. The lowest BCUT2D eigenvalue weighted by molar-refractivity contribution is 0.0994. The number of aryl methyl sites for hydroxylation is 1. The largest absolute Gasteiger partial charge is 0.300 e. The number of carbonyl (C=O) groups excluding carboxylic acids is 1. The van der Waals surface area contributed by atoms with Crippen molar-refractivity contribution in [3.63, 3.8) is 0 Å². The van der Waals surface area contributed by atoms with Crippen LogP contribution in [0.4, 0.5) is 0 Å². The molecule has 4 nitrogen and oxygen atoms in total. The normalized spacial score (nSPS) is 13.4. The van der Waals surface area contributed by atoms with Crippen LogP contribution in [-0.4, -0.2) is 20.3 Å². The van der Waals surface area contributed by atoms with E-state index in [1.165, 1.54) is 0 Å². The summed E-state index contributed by atoms with van der Waals surface area (Å²) in [6.07, 6.45) is 8.71. The average molecular weight is 275 g/mol. The molecule has 1 aliphatic rings. The lowest BCUT2D eigenvalue weighted by Gasteiger charge is -2.09. The van der Waals surface area contributed by atoms with E-state index >= 15 is 0 Å². The Labute approximate surface area is 122 Å². The number of pyridine rings is 1. The van der Waals surface area contributed by atoms with E-state index < -0.39 is 0 Å². The van der Waals surface area contributed by atoms with E-state index in [-0.39, 0.29) is 5.78 Å². The Hall–Kier alpha value is -2.75. The van der Waals surface area contributed by atoms with E-state index in [0.29, 0.717) is 6.42 Å². The number of hydrogen-bond acceptors (Lipinski definition) is 3. The number of ketones is 1. The van der Waals surface area contributed by atoms with Crippen LogP contribution in [0.3, 0.4) is 0 Å². The van der Waals surface area contributed by atoms with Crippen molar-refractivity contribution < 1.29 is 4.79 Å². The van der Waals surface area contributed by atoms with E-state index in [1.807, 2.05) is 35.0 Å². The van der Waals surface area contributed by atoms with E-state index in [4.69, 9.17) is 0 Å². The van der Waals surface area contributed by atoms with Gasteiger partial charge in [-0.15, -0.1) is 0 Å². The van der Waals surface area contributed by atoms with Gasteiger partial charge in [-0.2, -0.15) is 0 Å². The number of Topliss-reactive ketones (excluding diaryl/α,β-unsaturated/α-hetero) is 1. The topological polar surface area (TPSA) is 47.8 Å². The minimum absolute atomic E-state index is 0.245. The maximum atomic E-state index is 11.7. The fourth-order valence-electron chi connectivity index (χ4n) is 2.81. The first-order valence-corrected chi connectivity index (χ1v) is 6.93. The van der Waals surface area contributed by atoms with Gasteiger partial charge in [0.1, 0.15) is 5.82 Å². The van der Waals surface area contributed by atoms with Crippen LogP contribution in [0.2, 0.25) is 0 Å². The standard InChI is InChI=1S/C17H13N3O/c21-16-6-3-12-10-14(4-5-15(12)16)20-9-8-19-17(20)13-2-1-7-18-11-13/h1-2,4-5,7-11H,3,6H2. The lowest BCUT2D eigenvalue weighted by atomic mass is 10.1. The van der Waals surface area contributed by atoms with Crippen molar-refractivity contribution in [2.45, 2.75) is 12.8 Å². The Morgan fingerprint density at radius 2 is 2.05 bits per heavy atom. The fourth-order valence-corrected chi connectivity index (χ4v) is 2.81. The number of benzene rings is 1. The number of imidazole rings is 1. The molecule has 0 saturated carbocycles. The second-order valence-corrected chi connectivity index (χ2v) is 5.13. The molecule has 21 heavy (non-hydrogen) atoms. The molecule has 3 aromatic rings. The van der Waals surface area contributed by atoms with Crippen LogP contribution in [0.5, 0.6) is 0 Å². The molecule has 1 aromatic carbocycles. The third-order valence-electron chi connectivity index (χ3n) is 3.85. The number of aromatic nitrogens is 3. The van der Waals surface area contributed by atoms with E-state index in [0.717, 1.165) is 34.6 Å². The summed E-state index contributed by atoms with van der Waals surface area (Å²) >= 11 is 0. The molecule has 0 saturated heterocycles. The Bertz CT molecular complexity index is 821. The zero-order chi connectivity index (χ0) is 14.2. The second kappa shape index (κ2) is 4.66. The smallest absolute Gasteiger partial charge is 0.163 e. The van der Waals surface area contributed by atoms with Gasteiger partial charge in [0.15, 0.2) is 5.78 Å². The summed E-state index contributed by atoms with van der Waals surface area (Å²) in [5.41, 5.74) is 3.99. The molecular formula is C17H13N3O. The molecular weight excluding hydrogens is 262 g/mol. The van der Waals surface area contributed by atoms with Gasteiger partial charge in [-0.05, 0) is 42.3 Å². The molecule has 0 radical (unpaired) electrons. The van der Waals surface area contributed by atoms with Crippen molar-refractivity contribution in [2.75, 3.05) is 0 Å². The summed E-state index contributed by atoms with van der Waals surface area (Å²) in [4.78, 5) is 20.3. The van der Waals surface area contributed by atoms with Crippen molar-refractivity contribution in [2.24, 2.45) is 0 Å². The fraction of sp³-hybridized carbons (Fsp3) is 0.118. The highest BCUT2D eigenvalue weighted by Crippen LogP contribution is 2.27.